The smallest absolute Gasteiger partial charge is 0.328 e. The number of hydrogen-bond acceptors (Lipinski definition) is 4. The van der Waals surface area contributed by atoms with Crippen LogP contribution in [-0.4, -0.2) is 15.5 Å². The van der Waals surface area contributed by atoms with E-state index in [1.54, 1.807) is 12.1 Å². The van der Waals surface area contributed by atoms with Crippen molar-refractivity contribution in [1.29, 1.82) is 0 Å². The minimum absolute atomic E-state index is 0.109. The van der Waals surface area contributed by atoms with Crippen molar-refractivity contribution < 1.29 is 13.6 Å². The lowest BCUT2D eigenvalue weighted by atomic mass is 10.2. The summed E-state index contributed by atoms with van der Waals surface area (Å²) in [4.78, 5) is 38.8. The van der Waals surface area contributed by atoms with Crippen LogP contribution in [0.1, 0.15) is 16.1 Å². The monoisotopic (exact) mass is 329 g/mol. The van der Waals surface area contributed by atoms with Crippen molar-refractivity contribution in [2.75, 3.05) is 5.32 Å². The van der Waals surface area contributed by atoms with Crippen LogP contribution < -0.4 is 16.6 Å². The highest BCUT2D eigenvalue weighted by molar-refractivity contribution is 6.03. The molecule has 122 valence electrons. The Bertz CT molecular complexity index is 989. The van der Waals surface area contributed by atoms with Crippen molar-refractivity contribution in [3.05, 3.63) is 86.8 Å². The molecule has 0 unspecified atom stereocenters. The number of aromatic nitrogens is 2. The number of carbonyl (C=O) groups is 1. The maximum Gasteiger partial charge on any atom is 0.328 e. The molecule has 0 bridgehead atoms. The molecule has 0 aliphatic heterocycles. The standard InChI is InChI=1S/C16H12FN3O4/c17-10-3-1-4-11(7-10)19-14(21)13-8-18-16(23)20(15(13)22)9-12-5-2-6-24-12/h1-8H,9H2,(H,18,23)(H,19,21). The Labute approximate surface area is 134 Å². The number of hydrogen-bond donors (Lipinski definition) is 2. The maximum absolute atomic E-state index is 13.2. The predicted molar refractivity (Wildman–Crippen MR) is 83.5 cm³/mol. The Hall–Kier alpha value is -3.42. The third-order valence-corrected chi connectivity index (χ3v) is 3.28. The molecule has 7 nitrogen and oxygen atoms in total. The Morgan fingerprint density at radius 2 is 2.08 bits per heavy atom. The molecular weight excluding hydrogens is 317 g/mol. The third-order valence-electron chi connectivity index (χ3n) is 3.28. The molecule has 0 fully saturated rings. The van der Waals surface area contributed by atoms with Gasteiger partial charge in [-0.1, -0.05) is 6.07 Å². The number of halogens is 1. The highest BCUT2D eigenvalue weighted by atomic mass is 19.1. The number of furan rings is 1. The second-order valence-corrected chi connectivity index (χ2v) is 4.94. The summed E-state index contributed by atoms with van der Waals surface area (Å²) in [5.74, 6) is -0.884. The van der Waals surface area contributed by atoms with Gasteiger partial charge >= 0.3 is 5.69 Å². The van der Waals surface area contributed by atoms with Gasteiger partial charge in [0.2, 0.25) is 0 Å². The molecular formula is C16H12FN3O4. The van der Waals surface area contributed by atoms with E-state index in [-0.39, 0.29) is 17.8 Å². The molecule has 1 amide bonds. The summed E-state index contributed by atoms with van der Waals surface area (Å²) in [6, 6.07) is 8.47. The van der Waals surface area contributed by atoms with Crippen molar-refractivity contribution in [3.63, 3.8) is 0 Å². The SMILES string of the molecule is O=C(Nc1cccc(F)c1)c1c[nH]c(=O)n(Cc2ccco2)c1=O. The highest BCUT2D eigenvalue weighted by Crippen LogP contribution is 2.10. The number of H-pyrrole nitrogens is 1. The zero-order valence-corrected chi connectivity index (χ0v) is 12.3. The average Bonchev–Trinajstić information content (AvgIpc) is 3.04. The van der Waals surface area contributed by atoms with E-state index in [1.165, 1.54) is 24.5 Å². The summed E-state index contributed by atoms with van der Waals surface area (Å²) < 4.78 is 19.1. The first-order valence-electron chi connectivity index (χ1n) is 6.96. The number of rotatable bonds is 4. The van der Waals surface area contributed by atoms with Crippen molar-refractivity contribution in [2.24, 2.45) is 0 Å². The van der Waals surface area contributed by atoms with Gasteiger partial charge in [-0.3, -0.25) is 14.2 Å². The molecule has 1 aromatic carbocycles. The van der Waals surface area contributed by atoms with Crippen molar-refractivity contribution in [2.45, 2.75) is 6.54 Å². The molecule has 2 N–H and O–H groups in total. The van der Waals surface area contributed by atoms with Gasteiger partial charge in [-0.25, -0.2) is 9.18 Å². The van der Waals surface area contributed by atoms with Crippen LogP contribution in [0.4, 0.5) is 10.1 Å². The van der Waals surface area contributed by atoms with E-state index in [2.05, 4.69) is 10.3 Å². The zero-order chi connectivity index (χ0) is 17.1. The van der Waals surface area contributed by atoms with Gasteiger partial charge in [0.15, 0.2) is 0 Å². The minimum atomic E-state index is -0.774. The van der Waals surface area contributed by atoms with E-state index in [0.29, 0.717) is 5.76 Å². The lowest BCUT2D eigenvalue weighted by molar-refractivity contribution is 0.102. The van der Waals surface area contributed by atoms with E-state index in [0.717, 1.165) is 16.8 Å². The molecule has 2 heterocycles. The molecule has 0 saturated heterocycles. The van der Waals surface area contributed by atoms with E-state index in [1.807, 2.05) is 0 Å². The Morgan fingerprint density at radius 1 is 1.25 bits per heavy atom. The zero-order valence-electron chi connectivity index (χ0n) is 12.3. The largest absolute Gasteiger partial charge is 0.467 e. The maximum atomic E-state index is 13.2. The Kier molecular flexibility index (Phi) is 4.11. The van der Waals surface area contributed by atoms with Crippen LogP contribution in [0.5, 0.6) is 0 Å². The van der Waals surface area contributed by atoms with Crippen LogP contribution in [0.2, 0.25) is 0 Å². The van der Waals surface area contributed by atoms with Crippen molar-refractivity contribution in [3.8, 4) is 0 Å². The third kappa shape index (κ3) is 3.17. The van der Waals surface area contributed by atoms with Gasteiger partial charge in [0.25, 0.3) is 11.5 Å². The second kappa shape index (κ2) is 6.37. The number of nitrogens with one attached hydrogen (secondary N) is 2. The molecule has 0 saturated carbocycles. The molecule has 2 aromatic heterocycles. The normalized spacial score (nSPS) is 10.5. The molecule has 8 heteroatoms. The van der Waals surface area contributed by atoms with Crippen molar-refractivity contribution in [1.82, 2.24) is 9.55 Å². The first-order chi connectivity index (χ1) is 11.5. The van der Waals surface area contributed by atoms with Crippen LogP contribution in [0.3, 0.4) is 0 Å². The van der Waals surface area contributed by atoms with Gasteiger partial charge in [-0.05, 0) is 30.3 Å². The van der Waals surface area contributed by atoms with E-state index < -0.39 is 23.0 Å². The van der Waals surface area contributed by atoms with E-state index >= 15 is 0 Å². The molecule has 0 aliphatic carbocycles. The minimum Gasteiger partial charge on any atom is -0.467 e. The summed E-state index contributed by atoms with van der Waals surface area (Å²) in [5.41, 5.74) is -1.52. The number of amides is 1. The van der Waals surface area contributed by atoms with Crippen LogP contribution in [0, 0.1) is 5.82 Å². The Balaban J connectivity index is 1.92. The quantitative estimate of drug-likeness (QED) is 0.759. The highest BCUT2D eigenvalue weighted by Gasteiger charge is 2.16. The van der Waals surface area contributed by atoms with Gasteiger partial charge in [0, 0.05) is 11.9 Å². The van der Waals surface area contributed by atoms with Gasteiger partial charge in [-0.15, -0.1) is 0 Å². The number of anilines is 1. The summed E-state index contributed by atoms with van der Waals surface area (Å²) in [5, 5.41) is 2.41. The van der Waals surface area contributed by atoms with Gasteiger partial charge in [-0.2, -0.15) is 0 Å². The van der Waals surface area contributed by atoms with E-state index in [4.69, 9.17) is 4.42 Å². The number of aromatic amines is 1. The predicted octanol–water partition coefficient (Wildman–Crippen LogP) is 1.57. The number of carbonyl (C=O) groups excluding carboxylic acids is 1. The molecule has 0 atom stereocenters. The second-order valence-electron chi connectivity index (χ2n) is 4.94. The number of nitrogens with zero attached hydrogens (tertiary/aromatic N) is 1. The fraction of sp³-hybridized carbons (Fsp3) is 0.0625. The van der Waals surface area contributed by atoms with Crippen LogP contribution in [-0.2, 0) is 6.54 Å². The molecule has 24 heavy (non-hydrogen) atoms. The lowest BCUT2D eigenvalue weighted by Gasteiger charge is -2.07. The van der Waals surface area contributed by atoms with Crippen molar-refractivity contribution >= 4 is 11.6 Å². The van der Waals surface area contributed by atoms with Crippen LogP contribution >= 0.6 is 0 Å². The summed E-state index contributed by atoms with van der Waals surface area (Å²) >= 11 is 0. The summed E-state index contributed by atoms with van der Waals surface area (Å²) in [6.07, 6.45) is 2.44. The van der Waals surface area contributed by atoms with Gasteiger partial charge in [0.05, 0.1) is 12.8 Å². The molecule has 0 spiro atoms. The summed E-state index contributed by atoms with van der Waals surface area (Å²) in [6.45, 7) is -0.109. The Morgan fingerprint density at radius 3 is 2.79 bits per heavy atom. The molecule has 0 aliphatic rings. The van der Waals surface area contributed by atoms with Gasteiger partial charge in [0.1, 0.15) is 17.1 Å². The van der Waals surface area contributed by atoms with Crippen LogP contribution in [0.15, 0.2) is 62.9 Å². The molecule has 3 rings (SSSR count). The molecule has 3 aromatic rings. The topological polar surface area (TPSA) is 97.1 Å². The fourth-order valence-electron chi connectivity index (χ4n) is 2.14. The first-order valence-corrected chi connectivity index (χ1v) is 6.96. The van der Waals surface area contributed by atoms with Gasteiger partial charge < -0.3 is 14.7 Å². The number of benzene rings is 1. The lowest BCUT2D eigenvalue weighted by Crippen LogP contribution is -2.39. The fourth-order valence-corrected chi connectivity index (χ4v) is 2.14. The first kappa shape index (κ1) is 15.5. The van der Waals surface area contributed by atoms with Crippen LogP contribution in [0.25, 0.3) is 0 Å². The van der Waals surface area contributed by atoms with E-state index in [9.17, 15) is 18.8 Å². The average molecular weight is 329 g/mol. The molecule has 0 radical (unpaired) electrons. The summed E-state index contributed by atoms with van der Waals surface area (Å²) in [7, 11) is 0.